The number of aromatic nitrogens is 2. The van der Waals surface area contributed by atoms with Crippen LogP contribution in [0.1, 0.15) is 30.0 Å². The van der Waals surface area contributed by atoms with Gasteiger partial charge in [-0.1, -0.05) is 0 Å². The van der Waals surface area contributed by atoms with Crippen LogP contribution in [-0.4, -0.2) is 23.2 Å². The van der Waals surface area contributed by atoms with Gasteiger partial charge < -0.3 is 20.5 Å². The molecule has 0 atom stereocenters. The molecule has 0 unspecified atom stereocenters. The van der Waals surface area contributed by atoms with Crippen LogP contribution in [0.5, 0.6) is 11.5 Å². The van der Waals surface area contributed by atoms with Crippen molar-refractivity contribution in [1.82, 2.24) is 9.97 Å². The van der Waals surface area contributed by atoms with Gasteiger partial charge in [-0.2, -0.15) is 18.2 Å². The summed E-state index contributed by atoms with van der Waals surface area (Å²) in [5.74, 6) is 0.263. The van der Waals surface area contributed by atoms with Crippen molar-refractivity contribution in [2.75, 3.05) is 24.3 Å². The third-order valence-electron chi connectivity index (χ3n) is 4.01. The van der Waals surface area contributed by atoms with Gasteiger partial charge in [0.15, 0.2) is 11.5 Å². The average molecular weight is 352 g/mol. The van der Waals surface area contributed by atoms with Crippen molar-refractivity contribution in [3.63, 3.8) is 0 Å². The number of anilines is 3. The van der Waals surface area contributed by atoms with Gasteiger partial charge in [-0.3, -0.25) is 0 Å². The van der Waals surface area contributed by atoms with Gasteiger partial charge in [0.25, 0.3) is 0 Å². The minimum atomic E-state index is -4.58. The number of fused-ring (bicyclic) bond motifs is 1. The maximum absolute atomic E-state index is 13.6. The van der Waals surface area contributed by atoms with E-state index in [2.05, 4.69) is 15.3 Å². The lowest BCUT2D eigenvalue weighted by Crippen LogP contribution is -2.17. The molecule has 0 spiro atoms. The fourth-order valence-electron chi connectivity index (χ4n) is 2.78. The Morgan fingerprint density at radius 2 is 1.80 bits per heavy atom. The molecule has 1 fully saturated rings. The molecular weight excluding hydrogens is 337 g/mol. The molecule has 1 aromatic carbocycles. The molecule has 2 heterocycles. The van der Waals surface area contributed by atoms with E-state index < -0.39 is 11.7 Å². The van der Waals surface area contributed by atoms with Crippen LogP contribution >= 0.6 is 0 Å². The Bertz CT molecular complexity index is 822. The van der Waals surface area contributed by atoms with E-state index in [1.165, 1.54) is 0 Å². The van der Waals surface area contributed by atoms with Gasteiger partial charge in [0.1, 0.15) is 24.6 Å². The van der Waals surface area contributed by atoms with E-state index in [9.17, 15) is 13.2 Å². The molecule has 1 saturated carbocycles. The number of benzene rings is 1. The summed E-state index contributed by atoms with van der Waals surface area (Å²) in [5, 5.41) is 2.71. The highest BCUT2D eigenvalue weighted by atomic mass is 19.4. The average Bonchev–Trinajstić information content (AvgIpc) is 3.37. The Hall–Kier alpha value is -2.71. The van der Waals surface area contributed by atoms with Crippen LogP contribution in [0, 0.1) is 0 Å². The minimum Gasteiger partial charge on any atom is -0.486 e. The van der Waals surface area contributed by atoms with Crippen LogP contribution < -0.4 is 20.5 Å². The first-order chi connectivity index (χ1) is 11.9. The zero-order valence-electron chi connectivity index (χ0n) is 13.1. The van der Waals surface area contributed by atoms with Crippen molar-refractivity contribution in [3.05, 3.63) is 29.5 Å². The number of rotatable bonds is 3. The highest BCUT2D eigenvalue weighted by molar-refractivity contribution is 5.66. The summed E-state index contributed by atoms with van der Waals surface area (Å²) in [6.07, 6.45) is -3.24. The number of nitrogen functional groups attached to an aromatic ring is 1. The van der Waals surface area contributed by atoms with E-state index in [4.69, 9.17) is 15.2 Å². The van der Waals surface area contributed by atoms with Crippen molar-refractivity contribution in [3.8, 4) is 11.5 Å². The number of nitrogens with zero attached hydrogens (tertiary/aromatic N) is 2. The molecule has 9 heteroatoms. The monoisotopic (exact) mass is 352 g/mol. The van der Waals surface area contributed by atoms with Gasteiger partial charge in [-0.15, -0.1) is 0 Å². The normalized spacial score (nSPS) is 16.6. The number of alkyl halides is 3. The fraction of sp³-hybridized carbons (Fsp3) is 0.375. The summed E-state index contributed by atoms with van der Waals surface area (Å²) in [5.41, 5.74) is 5.12. The van der Waals surface area contributed by atoms with Crippen molar-refractivity contribution < 1.29 is 22.6 Å². The van der Waals surface area contributed by atoms with Crippen LogP contribution in [0.15, 0.2) is 18.2 Å². The number of nitrogens with one attached hydrogen (secondary N) is 1. The molecular formula is C16H15F3N4O2. The largest absolute Gasteiger partial charge is 0.486 e. The van der Waals surface area contributed by atoms with E-state index in [0.717, 1.165) is 0 Å². The summed E-state index contributed by atoms with van der Waals surface area (Å²) in [7, 11) is 0. The predicted molar refractivity (Wildman–Crippen MR) is 84.1 cm³/mol. The first-order valence-corrected chi connectivity index (χ1v) is 7.83. The van der Waals surface area contributed by atoms with Crippen LogP contribution in [0.2, 0.25) is 0 Å². The van der Waals surface area contributed by atoms with Gasteiger partial charge >= 0.3 is 6.18 Å². The molecule has 2 aliphatic rings. The molecule has 1 aliphatic heterocycles. The third-order valence-corrected chi connectivity index (χ3v) is 4.01. The molecule has 3 N–H and O–H groups in total. The molecule has 0 saturated heterocycles. The lowest BCUT2D eigenvalue weighted by molar-refractivity contribution is -0.138. The predicted octanol–water partition coefficient (Wildman–Crippen LogP) is 3.47. The molecule has 4 rings (SSSR count). The van der Waals surface area contributed by atoms with Crippen molar-refractivity contribution in [1.29, 1.82) is 0 Å². The topological polar surface area (TPSA) is 82.3 Å². The minimum absolute atomic E-state index is 0.0416. The van der Waals surface area contributed by atoms with Gasteiger partial charge in [-0.05, 0) is 25.0 Å². The first-order valence-electron chi connectivity index (χ1n) is 7.83. The van der Waals surface area contributed by atoms with Crippen LogP contribution in [0.4, 0.5) is 30.6 Å². The van der Waals surface area contributed by atoms with E-state index in [1.807, 2.05) is 0 Å². The Labute approximate surface area is 141 Å². The van der Waals surface area contributed by atoms with Crippen LogP contribution in [-0.2, 0) is 6.18 Å². The molecule has 0 amide bonds. The molecule has 1 aromatic heterocycles. The zero-order chi connectivity index (χ0) is 17.6. The number of ether oxygens (including phenoxy) is 2. The highest BCUT2D eigenvalue weighted by Crippen LogP contribution is 2.47. The standard InChI is InChI=1S/C16H15F3N4O2/c17-16(18,19)12-13(8-1-2-8)22-15(20)23-14(12)21-9-3-4-10-11(7-9)25-6-5-24-10/h3-4,7-8H,1-2,5-6H2,(H3,20,21,22,23). The molecule has 0 radical (unpaired) electrons. The highest BCUT2D eigenvalue weighted by Gasteiger charge is 2.43. The number of nitrogens with two attached hydrogens (primary N) is 1. The van der Waals surface area contributed by atoms with E-state index in [-0.39, 0.29) is 23.4 Å². The summed E-state index contributed by atoms with van der Waals surface area (Å²) in [6, 6.07) is 4.81. The lowest BCUT2D eigenvalue weighted by atomic mass is 10.1. The zero-order valence-corrected chi connectivity index (χ0v) is 13.1. The smallest absolute Gasteiger partial charge is 0.421 e. The van der Waals surface area contributed by atoms with Crippen molar-refractivity contribution >= 4 is 17.5 Å². The quantitative estimate of drug-likeness (QED) is 0.880. The Balaban J connectivity index is 1.75. The fourth-order valence-corrected chi connectivity index (χ4v) is 2.78. The van der Waals surface area contributed by atoms with E-state index >= 15 is 0 Å². The third kappa shape index (κ3) is 3.13. The second kappa shape index (κ2) is 5.68. The second-order valence-corrected chi connectivity index (χ2v) is 5.95. The van der Waals surface area contributed by atoms with Gasteiger partial charge in [-0.25, -0.2) is 4.98 Å². The molecule has 0 bridgehead atoms. The number of halogens is 3. The molecule has 25 heavy (non-hydrogen) atoms. The maximum atomic E-state index is 13.6. The van der Waals surface area contributed by atoms with E-state index in [0.29, 0.717) is 43.2 Å². The van der Waals surface area contributed by atoms with Crippen molar-refractivity contribution in [2.45, 2.75) is 24.9 Å². The van der Waals surface area contributed by atoms with Crippen LogP contribution in [0.3, 0.4) is 0 Å². The number of hydrogen-bond donors (Lipinski definition) is 2. The number of hydrogen-bond acceptors (Lipinski definition) is 6. The molecule has 1 aliphatic carbocycles. The Morgan fingerprint density at radius 3 is 2.48 bits per heavy atom. The summed E-state index contributed by atoms with van der Waals surface area (Å²) < 4.78 is 51.7. The molecule has 132 valence electrons. The lowest BCUT2D eigenvalue weighted by Gasteiger charge is -2.20. The Kier molecular flexibility index (Phi) is 3.59. The molecule has 2 aromatic rings. The summed E-state index contributed by atoms with van der Waals surface area (Å²) in [4.78, 5) is 7.62. The van der Waals surface area contributed by atoms with Crippen LogP contribution in [0.25, 0.3) is 0 Å². The first kappa shape index (κ1) is 15.8. The van der Waals surface area contributed by atoms with Gasteiger partial charge in [0.2, 0.25) is 5.95 Å². The van der Waals surface area contributed by atoms with E-state index in [1.54, 1.807) is 18.2 Å². The SMILES string of the molecule is Nc1nc(Nc2ccc3c(c2)OCCO3)c(C(F)(F)F)c(C2CC2)n1. The molecule has 6 nitrogen and oxygen atoms in total. The van der Waals surface area contributed by atoms with Crippen molar-refractivity contribution in [2.24, 2.45) is 0 Å². The summed E-state index contributed by atoms with van der Waals surface area (Å²) >= 11 is 0. The Morgan fingerprint density at radius 1 is 1.08 bits per heavy atom. The maximum Gasteiger partial charge on any atom is 0.421 e. The van der Waals surface area contributed by atoms with Gasteiger partial charge in [0, 0.05) is 17.7 Å². The van der Waals surface area contributed by atoms with Gasteiger partial charge in [0.05, 0.1) is 5.69 Å². The summed E-state index contributed by atoms with van der Waals surface area (Å²) in [6.45, 7) is 0.821. The second-order valence-electron chi connectivity index (χ2n) is 5.95.